The van der Waals surface area contributed by atoms with Gasteiger partial charge in [0.15, 0.2) is 8.32 Å². The van der Waals surface area contributed by atoms with Crippen LogP contribution in [0.5, 0.6) is 0 Å². The van der Waals surface area contributed by atoms with Crippen LogP contribution >= 0.6 is 0 Å². The molecule has 0 saturated carbocycles. The molecule has 0 aliphatic heterocycles. The molecule has 0 aliphatic carbocycles. The first-order valence-electron chi connectivity index (χ1n) is 9.60. The van der Waals surface area contributed by atoms with E-state index in [9.17, 15) is 0 Å². The van der Waals surface area contributed by atoms with E-state index in [0.717, 1.165) is 0 Å². The van der Waals surface area contributed by atoms with Gasteiger partial charge in [-0.2, -0.15) is 0 Å². The van der Waals surface area contributed by atoms with Crippen molar-refractivity contribution in [3.05, 3.63) is 48.0 Å². The average Bonchev–Trinajstić information content (AvgIpc) is 2.62. The summed E-state index contributed by atoms with van der Waals surface area (Å²) >= 11 is 0. The lowest BCUT2D eigenvalue weighted by atomic mass is 10.1. The van der Waals surface area contributed by atoms with Crippen molar-refractivity contribution in [2.24, 2.45) is 0 Å². The monoisotopic (exact) mass is 332 g/mol. The molecule has 0 fully saturated rings. The molecule has 1 unspecified atom stereocenters. The van der Waals surface area contributed by atoms with Crippen molar-refractivity contribution in [2.75, 3.05) is 0 Å². The van der Waals surface area contributed by atoms with Gasteiger partial charge in [-0.15, -0.1) is 0 Å². The van der Waals surface area contributed by atoms with Crippen LogP contribution < -0.4 is 0 Å². The highest BCUT2D eigenvalue weighted by Gasteiger charge is 2.31. The predicted molar refractivity (Wildman–Crippen MR) is 105 cm³/mol. The summed E-state index contributed by atoms with van der Waals surface area (Å²) in [5.74, 6) is 0. The molecule has 23 heavy (non-hydrogen) atoms. The SMILES string of the molecule is CCCCCC/C=C/C(O[Si](CC)(CC)CC)c1ccccc1. The van der Waals surface area contributed by atoms with Crippen LogP contribution in [0.2, 0.25) is 18.1 Å². The predicted octanol–water partition coefficient (Wildman–Crippen LogP) is 7.28. The minimum absolute atomic E-state index is 0.133. The molecule has 0 spiro atoms. The molecule has 0 radical (unpaired) electrons. The van der Waals surface area contributed by atoms with Crippen molar-refractivity contribution in [3.63, 3.8) is 0 Å². The van der Waals surface area contributed by atoms with Crippen LogP contribution in [0.25, 0.3) is 0 Å². The van der Waals surface area contributed by atoms with Crippen LogP contribution in [0.1, 0.15) is 71.5 Å². The van der Waals surface area contributed by atoms with E-state index in [4.69, 9.17) is 4.43 Å². The van der Waals surface area contributed by atoms with Gasteiger partial charge < -0.3 is 4.43 Å². The Morgan fingerprint density at radius 2 is 1.57 bits per heavy atom. The van der Waals surface area contributed by atoms with E-state index in [1.807, 2.05) is 0 Å². The fraction of sp³-hybridized carbons (Fsp3) is 0.619. The van der Waals surface area contributed by atoms with Crippen molar-refractivity contribution < 1.29 is 4.43 Å². The maximum Gasteiger partial charge on any atom is 0.193 e. The molecule has 2 heteroatoms. The van der Waals surface area contributed by atoms with Gasteiger partial charge >= 0.3 is 0 Å². The lowest BCUT2D eigenvalue weighted by Gasteiger charge is -2.32. The third-order valence-corrected chi connectivity index (χ3v) is 9.59. The summed E-state index contributed by atoms with van der Waals surface area (Å²) in [6.07, 6.45) is 11.2. The zero-order chi connectivity index (χ0) is 17.0. The Morgan fingerprint density at radius 3 is 2.13 bits per heavy atom. The standard InChI is InChI=1S/C21H36OSi/c1-5-9-10-11-12-16-19-21(20-17-14-13-15-18-20)22-23(6-2,7-3)8-4/h13-19,21H,5-12H2,1-4H3/b19-16+. The van der Waals surface area contributed by atoms with E-state index < -0.39 is 8.32 Å². The third kappa shape index (κ3) is 7.05. The highest BCUT2D eigenvalue weighted by molar-refractivity contribution is 6.73. The third-order valence-electron chi connectivity index (χ3n) is 4.97. The second-order valence-electron chi connectivity index (χ2n) is 6.47. The Kier molecular flexibility index (Phi) is 10.2. The van der Waals surface area contributed by atoms with Crippen LogP contribution in [-0.4, -0.2) is 8.32 Å². The van der Waals surface area contributed by atoms with Crippen LogP contribution in [-0.2, 0) is 4.43 Å². The summed E-state index contributed by atoms with van der Waals surface area (Å²) in [7, 11) is -1.60. The van der Waals surface area contributed by atoms with Crippen LogP contribution in [0.3, 0.4) is 0 Å². The molecule has 1 aromatic carbocycles. The minimum atomic E-state index is -1.60. The molecule has 0 bridgehead atoms. The van der Waals surface area contributed by atoms with Gasteiger partial charge in [0.1, 0.15) is 0 Å². The van der Waals surface area contributed by atoms with Gasteiger partial charge in [-0.05, 0) is 36.5 Å². The summed E-state index contributed by atoms with van der Waals surface area (Å²) in [6, 6.07) is 14.3. The van der Waals surface area contributed by atoms with Gasteiger partial charge in [0.2, 0.25) is 0 Å². The number of allylic oxidation sites excluding steroid dienone is 1. The van der Waals surface area contributed by atoms with Gasteiger partial charge in [0.05, 0.1) is 6.10 Å². The second-order valence-corrected chi connectivity index (χ2v) is 11.2. The molecule has 0 N–H and O–H groups in total. The lowest BCUT2D eigenvalue weighted by Crippen LogP contribution is -2.36. The summed E-state index contributed by atoms with van der Waals surface area (Å²) < 4.78 is 6.75. The van der Waals surface area contributed by atoms with Crippen LogP contribution in [0, 0.1) is 0 Å². The Hall–Kier alpha value is -0.863. The van der Waals surface area contributed by atoms with E-state index in [-0.39, 0.29) is 6.10 Å². The highest BCUT2D eigenvalue weighted by atomic mass is 28.4. The molecular weight excluding hydrogens is 296 g/mol. The van der Waals surface area contributed by atoms with E-state index in [2.05, 4.69) is 70.2 Å². The molecular formula is C21H36OSi. The van der Waals surface area contributed by atoms with E-state index in [1.54, 1.807) is 0 Å². The molecule has 1 atom stereocenters. The quantitative estimate of drug-likeness (QED) is 0.222. The van der Waals surface area contributed by atoms with E-state index in [0.29, 0.717) is 0 Å². The molecule has 1 nitrogen and oxygen atoms in total. The number of hydrogen-bond acceptors (Lipinski definition) is 1. The Morgan fingerprint density at radius 1 is 0.913 bits per heavy atom. The van der Waals surface area contributed by atoms with Crippen LogP contribution in [0.15, 0.2) is 42.5 Å². The number of unbranched alkanes of at least 4 members (excludes halogenated alkanes) is 4. The van der Waals surface area contributed by atoms with Crippen molar-refractivity contribution in [1.82, 2.24) is 0 Å². The first-order chi connectivity index (χ1) is 11.2. The van der Waals surface area contributed by atoms with Gasteiger partial charge in [-0.3, -0.25) is 0 Å². The molecule has 0 amide bonds. The fourth-order valence-electron chi connectivity index (χ4n) is 3.04. The maximum atomic E-state index is 6.75. The fourth-order valence-corrected chi connectivity index (χ4v) is 5.79. The highest BCUT2D eigenvalue weighted by Crippen LogP contribution is 2.30. The number of hydrogen-bond donors (Lipinski definition) is 0. The molecule has 1 aromatic rings. The van der Waals surface area contributed by atoms with Crippen molar-refractivity contribution >= 4 is 8.32 Å². The maximum absolute atomic E-state index is 6.75. The average molecular weight is 333 g/mol. The van der Waals surface area contributed by atoms with Crippen molar-refractivity contribution in [2.45, 2.75) is 84.0 Å². The molecule has 0 heterocycles. The Bertz CT molecular complexity index is 414. The van der Waals surface area contributed by atoms with Crippen molar-refractivity contribution in [1.29, 1.82) is 0 Å². The van der Waals surface area contributed by atoms with Crippen LogP contribution in [0.4, 0.5) is 0 Å². The summed E-state index contributed by atoms with van der Waals surface area (Å²) in [6.45, 7) is 9.17. The van der Waals surface area contributed by atoms with Gasteiger partial charge in [0.25, 0.3) is 0 Å². The first kappa shape index (κ1) is 20.2. The molecule has 0 saturated heterocycles. The second kappa shape index (κ2) is 11.6. The largest absolute Gasteiger partial charge is 0.407 e. The normalized spacial score (nSPS) is 13.6. The first-order valence-corrected chi connectivity index (χ1v) is 12.1. The molecule has 1 rings (SSSR count). The van der Waals surface area contributed by atoms with E-state index >= 15 is 0 Å². The van der Waals surface area contributed by atoms with Crippen molar-refractivity contribution in [3.8, 4) is 0 Å². The number of benzene rings is 1. The lowest BCUT2D eigenvalue weighted by molar-refractivity contribution is 0.237. The molecule has 130 valence electrons. The zero-order valence-electron chi connectivity index (χ0n) is 15.7. The number of rotatable bonds is 12. The topological polar surface area (TPSA) is 9.23 Å². The Labute approximate surface area is 145 Å². The zero-order valence-corrected chi connectivity index (χ0v) is 16.7. The summed E-state index contributed by atoms with van der Waals surface area (Å²) in [4.78, 5) is 0. The van der Waals surface area contributed by atoms with Gasteiger partial charge in [-0.25, -0.2) is 0 Å². The smallest absolute Gasteiger partial charge is 0.193 e. The summed E-state index contributed by atoms with van der Waals surface area (Å²) in [5, 5.41) is 0. The van der Waals surface area contributed by atoms with E-state index in [1.165, 1.54) is 55.8 Å². The summed E-state index contributed by atoms with van der Waals surface area (Å²) in [5.41, 5.74) is 1.30. The minimum Gasteiger partial charge on any atom is -0.407 e. The van der Waals surface area contributed by atoms with Gasteiger partial charge in [0, 0.05) is 0 Å². The molecule has 0 aliphatic rings. The molecule has 0 aromatic heterocycles. The Balaban J connectivity index is 2.76. The van der Waals surface area contributed by atoms with Gasteiger partial charge in [-0.1, -0.05) is 89.4 Å².